The Labute approximate surface area is 118 Å². The molecule has 0 fully saturated rings. The Bertz CT molecular complexity index is 433. The third-order valence-electron chi connectivity index (χ3n) is 2.77. The van der Waals surface area contributed by atoms with Crippen LogP contribution in [0.25, 0.3) is 0 Å². The molecule has 0 spiro atoms. The first-order valence-corrected chi connectivity index (χ1v) is 6.60. The van der Waals surface area contributed by atoms with E-state index in [1.165, 1.54) is 12.1 Å². The van der Waals surface area contributed by atoms with Crippen LogP contribution in [0.4, 0.5) is 5.69 Å². The minimum absolute atomic E-state index is 0.117. The normalized spacial score (nSPS) is 10.9. The summed E-state index contributed by atoms with van der Waals surface area (Å²) in [6.07, 6.45) is 1.75. The smallest absolute Gasteiger partial charge is 0.269 e. The lowest BCUT2D eigenvalue weighted by Crippen LogP contribution is -2.14. The third-order valence-corrected chi connectivity index (χ3v) is 2.77. The molecule has 0 aliphatic rings. The fourth-order valence-electron chi connectivity index (χ4n) is 1.60. The van der Waals surface area contributed by atoms with Crippen molar-refractivity contribution < 1.29 is 4.92 Å². The molecule has 0 bridgehead atoms. The molecule has 0 radical (unpaired) electrons. The van der Waals surface area contributed by atoms with Gasteiger partial charge in [0.15, 0.2) is 0 Å². The number of nitro groups is 1. The molecule has 1 aromatic carbocycles. The Morgan fingerprint density at radius 2 is 2.05 bits per heavy atom. The summed E-state index contributed by atoms with van der Waals surface area (Å²) in [4.78, 5) is 10.1. The predicted molar refractivity (Wildman–Crippen MR) is 77.7 cm³/mol. The molecule has 0 unspecified atom stereocenters. The number of benzene rings is 1. The van der Waals surface area contributed by atoms with Gasteiger partial charge in [-0.2, -0.15) is 5.11 Å². The Morgan fingerprint density at radius 3 is 2.65 bits per heavy atom. The van der Waals surface area contributed by atoms with Crippen LogP contribution < -0.4 is 5.32 Å². The molecular formula is C13H21N5O2. The molecule has 0 saturated carbocycles. The van der Waals surface area contributed by atoms with E-state index in [9.17, 15) is 10.1 Å². The van der Waals surface area contributed by atoms with Crippen molar-refractivity contribution in [2.45, 2.75) is 12.8 Å². The molecule has 1 N–H and O–H groups in total. The standard InChI is InChI=1S/C13H21N5O2/c1-14-9-3-10-15-16-17(2)11-8-12-4-6-13(7-5-12)18(19)20/h4-7,14H,3,8-11H2,1-2H3. The molecule has 0 aliphatic heterocycles. The van der Waals surface area contributed by atoms with Crippen molar-refractivity contribution in [1.29, 1.82) is 0 Å². The van der Waals surface area contributed by atoms with E-state index >= 15 is 0 Å². The van der Waals surface area contributed by atoms with Crippen LogP contribution in [0.5, 0.6) is 0 Å². The minimum Gasteiger partial charge on any atom is -0.320 e. The first kappa shape index (κ1) is 16.0. The van der Waals surface area contributed by atoms with E-state index in [4.69, 9.17) is 0 Å². The monoisotopic (exact) mass is 279 g/mol. The van der Waals surface area contributed by atoms with Crippen LogP contribution in [0.1, 0.15) is 12.0 Å². The lowest BCUT2D eigenvalue weighted by molar-refractivity contribution is -0.384. The topological polar surface area (TPSA) is 83.1 Å². The molecule has 1 aromatic rings. The number of nitro benzene ring substituents is 1. The number of hydrogen-bond acceptors (Lipinski definition) is 5. The van der Waals surface area contributed by atoms with E-state index in [1.54, 1.807) is 17.1 Å². The summed E-state index contributed by atoms with van der Waals surface area (Å²) in [7, 11) is 3.78. The quantitative estimate of drug-likeness (QED) is 0.324. The summed E-state index contributed by atoms with van der Waals surface area (Å²) >= 11 is 0. The molecule has 7 heteroatoms. The van der Waals surface area contributed by atoms with E-state index in [-0.39, 0.29) is 5.69 Å². The zero-order valence-electron chi connectivity index (χ0n) is 12.0. The zero-order chi connectivity index (χ0) is 14.8. The van der Waals surface area contributed by atoms with Crippen LogP contribution in [0.15, 0.2) is 34.6 Å². The van der Waals surface area contributed by atoms with Crippen LogP contribution in [-0.4, -0.2) is 43.7 Å². The lowest BCUT2D eigenvalue weighted by Gasteiger charge is -2.10. The second-order valence-electron chi connectivity index (χ2n) is 4.47. The highest BCUT2D eigenvalue weighted by Crippen LogP contribution is 2.12. The van der Waals surface area contributed by atoms with Crippen molar-refractivity contribution in [2.75, 3.05) is 33.7 Å². The van der Waals surface area contributed by atoms with Crippen LogP contribution in [0, 0.1) is 10.1 Å². The van der Waals surface area contributed by atoms with E-state index in [0.29, 0.717) is 6.54 Å². The van der Waals surface area contributed by atoms with Crippen LogP contribution in [0.2, 0.25) is 0 Å². The summed E-state index contributed by atoms with van der Waals surface area (Å²) in [6.45, 7) is 2.38. The number of rotatable bonds is 9. The molecular weight excluding hydrogens is 258 g/mol. The number of non-ortho nitro benzene ring substituents is 1. The first-order chi connectivity index (χ1) is 9.63. The van der Waals surface area contributed by atoms with E-state index in [1.807, 2.05) is 14.1 Å². The van der Waals surface area contributed by atoms with E-state index in [0.717, 1.165) is 31.5 Å². The van der Waals surface area contributed by atoms with Gasteiger partial charge in [0, 0.05) is 25.7 Å². The van der Waals surface area contributed by atoms with Gasteiger partial charge in [-0.3, -0.25) is 15.1 Å². The van der Waals surface area contributed by atoms with Gasteiger partial charge in [-0.25, -0.2) is 0 Å². The molecule has 110 valence electrons. The molecule has 0 heterocycles. The Kier molecular flexibility index (Phi) is 7.20. The third kappa shape index (κ3) is 6.24. The van der Waals surface area contributed by atoms with Crippen molar-refractivity contribution >= 4 is 5.69 Å². The Balaban J connectivity index is 2.29. The molecule has 0 amide bonds. The highest BCUT2D eigenvalue weighted by Gasteiger charge is 2.04. The maximum absolute atomic E-state index is 10.5. The van der Waals surface area contributed by atoms with Crippen molar-refractivity contribution in [3.63, 3.8) is 0 Å². The van der Waals surface area contributed by atoms with Gasteiger partial charge in [-0.15, -0.1) is 0 Å². The second-order valence-corrected chi connectivity index (χ2v) is 4.47. The van der Waals surface area contributed by atoms with Gasteiger partial charge in [0.1, 0.15) is 0 Å². The Hall–Kier alpha value is -2.02. The molecule has 0 saturated heterocycles. The molecule has 0 aliphatic carbocycles. The van der Waals surface area contributed by atoms with Gasteiger partial charge in [0.05, 0.1) is 11.5 Å². The number of hydrogen-bond donors (Lipinski definition) is 1. The summed E-state index contributed by atoms with van der Waals surface area (Å²) < 4.78 is 0. The average molecular weight is 279 g/mol. The molecule has 0 aromatic heterocycles. The lowest BCUT2D eigenvalue weighted by atomic mass is 10.1. The van der Waals surface area contributed by atoms with Gasteiger partial charge in [0.25, 0.3) is 5.69 Å². The van der Waals surface area contributed by atoms with Crippen molar-refractivity contribution in [3.8, 4) is 0 Å². The zero-order valence-corrected chi connectivity index (χ0v) is 12.0. The summed E-state index contributed by atoms with van der Waals surface area (Å²) in [5, 5.41) is 23.5. The summed E-state index contributed by atoms with van der Waals surface area (Å²) in [5.41, 5.74) is 1.17. The first-order valence-electron chi connectivity index (χ1n) is 6.60. The predicted octanol–water partition coefficient (Wildman–Crippen LogP) is 2.05. The number of likely N-dealkylation sites (N-methyl/N-ethyl adjacent to an activating group) is 1. The largest absolute Gasteiger partial charge is 0.320 e. The SMILES string of the molecule is CNCCCN=NN(C)CCc1ccc([N+](=O)[O-])cc1. The van der Waals surface area contributed by atoms with Crippen LogP contribution in [0.3, 0.4) is 0 Å². The molecule has 7 nitrogen and oxygen atoms in total. The van der Waals surface area contributed by atoms with Crippen LogP contribution in [-0.2, 0) is 6.42 Å². The van der Waals surface area contributed by atoms with Crippen molar-refractivity contribution in [1.82, 2.24) is 10.3 Å². The number of nitrogens with zero attached hydrogens (tertiary/aromatic N) is 4. The molecule has 0 atom stereocenters. The van der Waals surface area contributed by atoms with E-state index < -0.39 is 4.92 Å². The molecule has 1 rings (SSSR count). The minimum atomic E-state index is -0.394. The van der Waals surface area contributed by atoms with Crippen molar-refractivity contribution in [2.24, 2.45) is 10.3 Å². The fraction of sp³-hybridized carbons (Fsp3) is 0.538. The Morgan fingerprint density at radius 1 is 1.35 bits per heavy atom. The van der Waals surface area contributed by atoms with Gasteiger partial charge in [-0.05, 0) is 32.0 Å². The fourth-order valence-corrected chi connectivity index (χ4v) is 1.60. The van der Waals surface area contributed by atoms with Gasteiger partial charge >= 0.3 is 0 Å². The average Bonchev–Trinajstić information content (AvgIpc) is 2.45. The van der Waals surface area contributed by atoms with Crippen LogP contribution >= 0.6 is 0 Å². The summed E-state index contributed by atoms with van der Waals surface area (Å²) in [5.74, 6) is 0. The number of nitrogens with one attached hydrogen (secondary N) is 1. The maximum Gasteiger partial charge on any atom is 0.269 e. The molecule has 20 heavy (non-hydrogen) atoms. The van der Waals surface area contributed by atoms with E-state index in [2.05, 4.69) is 15.7 Å². The summed E-state index contributed by atoms with van der Waals surface area (Å²) in [6, 6.07) is 6.59. The maximum atomic E-state index is 10.5. The van der Waals surface area contributed by atoms with Crippen molar-refractivity contribution in [3.05, 3.63) is 39.9 Å². The highest BCUT2D eigenvalue weighted by molar-refractivity contribution is 5.32. The second kappa shape index (κ2) is 8.98. The highest BCUT2D eigenvalue weighted by atomic mass is 16.6. The van der Waals surface area contributed by atoms with Gasteiger partial charge in [-0.1, -0.05) is 17.4 Å². The van der Waals surface area contributed by atoms with Gasteiger partial charge in [0.2, 0.25) is 0 Å². The van der Waals surface area contributed by atoms with Gasteiger partial charge < -0.3 is 5.32 Å².